The Morgan fingerprint density at radius 2 is 1.93 bits per heavy atom. The Morgan fingerprint density at radius 1 is 1.14 bits per heavy atom. The van der Waals surface area contributed by atoms with Crippen LogP contribution in [-0.2, 0) is 12.8 Å². The Balaban J connectivity index is 1.67. The van der Waals surface area contributed by atoms with Crippen molar-refractivity contribution in [1.29, 1.82) is 0 Å². The molecule has 0 saturated heterocycles. The summed E-state index contributed by atoms with van der Waals surface area (Å²) in [5.41, 5.74) is 3.90. The van der Waals surface area contributed by atoms with Crippen molar-refractivity contribution < 1.29 is 9.53 Å². The number of aryl methyl sites for hydroxylation is 2. The number of ether oxygens (including phenoxy) is 1. The molecule has 0 atom stereocenters. The number of hydrogen-bond acceptors (Lipinski definition) is 5. The highest BCUT2D eigenvalue weighted by Crippen LogP contribution is 2.39. The van der Waals surface area contributed by atoms with Gasteiger partial charge in [0.05, 0.1) is 12.7 Å². The first-order chi connectivity index (χ1) is 14.2. The Kier molecular flexibility index (Phi) is 6.11. The van der Waals surface area contributed by atoms with Crippen molar-refractivity contribution in [3.63, 3.8) is 0 Å². The van der Waals surface area contributed by atoms with Gasteiger partial charge in [-0.05, 0) is 79.4 Å². The maximum Gasteiger partial charge on any atom is 0.259 e. The molecule has 3 aromatic rings. The third kappa shape index (κ3) is 4.43. The highest BCUT2D eigenvalue weighted by molar-refractivity contribution is 7.16. The van der Waals surface area contributed by atoms with Crippen molar-refractivity contribution in [3.8, 4) is 5.75 Å². The zero-order valence-electron chi connectivity index (χ0n) is 16.7. The van der Waals surface area contributed by atoms with Crippen LogP contribution in [0.3, 0.4) is 0 Å². The van der Waals surface area contributed by atoms with E-state index in [9.17, 15) is 4.79 Å². The number of carbonyl (C=O) groups is 1. The lowest BCUT2D eigenvalue weighted by Gasteiger charge is -2.08. The molecule has 4 nitrogen and oxygen atoms in total. The van der Waals surface area contributed by atoms with Gasteiger partial charge in [0, 0.05) is 21.7 Å². The molecule has 4 rings (SSSR count). The van der Waals surface area contributed by atoms with E-state index in [1.165, 1.54) is 28.8 Å². The average Bonchev–Trinajstić information content (AvgIpc) is 3.22. The van der Waals surface area contributed by atoms with Gasteiger partial charge in [-0.25, -0.2) is 4.99 Å². The average molecular weight is 425 g/mol. The van der Waals surface area contributed by atoms with Gasteiger partial charge in [-0.1, -0.05) is 6.42 Å². The topological polar surface area (TPSA) is 50.7 Å². The van der Waals surface area contributed by atoms with E-state index >= 15 is 0 Å². The van der Waals surface area contributed by atoms with Crippen molar-refractivity contribution in [2.45, 2.75) is 39.0 Å². The molecule has 1 aliphatic rings. The van der Waals surface area contributed by atoms with Crippen LogP contribution in [0.1, 0.15) is 50.5 Å². The van der Waals surface area contributed by atoms with Gasteiger partial charge in [0.15, 0.2) is 0 Å². The number of benzene rings is 1. The molecule has 0 fully saturated rings. The number of amides is 1. The molecule has 2 heterocycles. The minimum absolute atomic E-state index is 0.0791. The lowest BCUT2D eigenvalue weighted by molar-refractivity contribution is 0.102. The quantitative estimate of drug-likeness (QED) is 0.381. The molecule has 0 unspecified atom stereocenters. The third-order valence-corrected chi connectivity index (χ3v) is 7.33. The standard InChI is InChI=1S/C23H24N2O2S2/c1-15-12-13-28-20(15)14-24-23-21(18-6-4-3-5-7-19(18)29-23)22(26)25-16-8-10-17(27-2)11-9-16/h8-14H,3-7H2,1-2H3,(H,25,26)/b24-14-. The summed E-state index contributed by atoms with van der Waals surface area (Å²) in [5, 5.41) is 5.93. The Morgan fingerprint density at radius 3 is 2.66 bits per heavy atom. The highest BCUT2D eigenvalue weighted by Gasteiger charge is 2.24. The SMILES string of the molecule is COc1ccc(NC(=O)c2c(/N=C\c3sccc3C)sc3c2CCCCC3)cc1. The number of anilines is 1. The summed E-state index contributed by atoms with van der Waals surface area (Å²) in [6.07, 6.45) is 7.41. The smallest absolute Gasteiger partial charge is 0.259 e. The van der Waals surface area contributed by atoms with Gasteiger partial charge in [-0.15, -0.1) is 22.7 Å². The molecule has 150 valence electrons. The molecular weight excluding hydrogens is 400 g/mol. The Bertz CT molecular complexity index is 1030. The molecule has 0 bridgehead atoms. The summed E-state index contributed by atoms with van der Waals surface area (Å²) < 4.78 is 5.20. The van der Waals surface area contributed by atoms with Gasteiger partial charge >= 0.3 is 0 Å². The number of hydrogen-bond donors (Lipinski definition) is 1. The van der Waals surface area contributed by atoms with Crippen LogP contribution in [0.4, 0.5) is 10.7 Å². The molecule has 1 aromatic carbocycles. The molecule has 0 spiro atoms. The highest BCUT2D eigenvalue weighted by atomic mass is 32.1. The minimum atomic E-state index is -0.0791. The largest absolute Gasteiger partial charge is 0.497 e. The van der Waals surface area contributed by atoms with Crippen LogP contribution in [0.15, 0.2) is 40.7 Å². The molecular formula is C23H24N2O2S2. The van der Waals surface area contributed by atoms with Gasteiger partial charge in [-0.2, -0.15) is 0 Å². The lowest BCUT2D eigenvalue weighted by Crippen LogP contribution is -2.13. The van der Waals surface area contributed by atoms with Gasteiger partial charge in [-0.3, -0.25) is 4.79 Å². The van der Waals surface area contributed by atoms with E-state index in [2.05, 4.69) is 23.7 Å². The van der Waals surface area contributed by atoms with Crippen LogP contribution >= 0.6 is 22.7 Å². The first-order valence-electron chi connectivity index (χ1n) is 9.84. The second-order valence-electron chi connectivity index (χ2n) is 7.15. The maximum absolute atomic E-state index is 13.3. The zero-order chi connectivity index (χ0) is 20.2. The molecule has 1 N–H and O–H groups in total. The van der Waals surface area contributed by atoms with Crippen LogP contribution in [0.2, 0.25) is 0 Å². The first kappa shape index (κ1) is 19.9. The maximum atomic E-state index is 13.3. The number of aliphatic imine (C=N–C) groups is 1. The Hall–Kier alpha value is -2.44. The molecule has 0 radical (unpaired) electrons. The van der Waals surface area contributed by atoms with Crippen molar-refractivity contribution >= 4 is 45.5 Å². The van der Waals surface area contributed by atoms with Crippen LogP contribution in [-0.4, -0.2) is 19.2 Å². The summed E-state index contributed by atoms with van der Waals surface area (Å²) in [5.74, 6) is 0.689. The fourth-order valence-corrected chi connectivity index (χ4v) is 5.57. The predicted octanol–water partition coefficient (Wildman–Crippen LogP) is 6.40. The van der Waals surface area contributed by atoms with Gasteiger partial charge in [0.1, 0.15) is 10.8 Å². The molecule has 1 amide bonds. The van der Waals surface area contributed by atoms with Crippen LogP contribution in [0, 0.1) is 6.92 Å². The van der Waals surface area contributed by atoms with E-state index in [-0.39, 0.29) is 5.91 Å². The summed E-state index contributed by atoms with van der Waals surface area (Å²) in [7, 11) is 1.63. The number of fused-ring (bicyclic) bond motifs is 1. The minimum Gasteiger partial charge on any atom is -0.497 e. The Labute approximate surface area is 179 Å². The van der Waals surface area contributed by atoms with Crippen molar-refractivity contribution in [3.05, 3.63) is 62.2 Å². The second kappa shape index (κ2) is 8.93. The van der Waals surface area contributed by atoms with Crippen LogP contribution < -0.4 is 10.1 Å². The number of rotatable bonds is 5. The van der Waals surface area contributed by atoms with Crippen molar-refractivity contribution in [1.82, 2.24) is 0 Å². The monoisotopic (exact) mass is 424 g/mol. The summed E-state index contributed by atoms with van der Waals surface area (Å²) >= 11 is 3.34. The van der Waals surface area contributed by atoms with E-state index in [4.69, 9.17) is 9.73 Å². The molecule has 1 aliphatic carbocycles. The van der Waals surface area contributed by atoms with Gasteiger partial charge in [0.25, 0.3) is 5.91 Å². The summed E-state index contributed by atoms with van der Waals surface area (Å²) in [6.45, 7) is 2.08. The fraction of sp³-hybridized carbons (Fsp3) is 0.304. The predicted molar refractivity (Wildman–Crippen MR) is 123 cm³/mol. The van der Waals surface area contributed by atoms with E-state index < -0.39 is 0 Å². The fourth-order valence-electron chi connectivity index (χ4n) is 3.56. The van der Waals surface area contributed by atoms with Gasteiger partial charge < -0.3 is 10.1 Å². The lowest BCUT2D eigenvalue weighted by atomic mass is 10.0. The van der Waals surface area contributed by atoms with Crippen LogP contribution in [0.5, 0.6) is 5.75 Å². The van der Waals surface area contributed by atoms with E-state index in [1.54, 1.807) is 29.8 Å². The second-order valence-corrected chi connectivity index (χ2v) is 9.18. The molecule has 0 aliphatic heterocycles. The summed E-state index contributed by atoms with van der Waals surface area (Å²) in [4.78, 5) is 20.5. The molecule has 2 aromatic heterocycles. The number of carbonyl (C=O) groups excluding carboxylic acids is 1. The van der Waals surface area contributed by atoms with E-state index in [1.807, 2.05) is 30.5 Å². The number of methoxy groups -OCH3 is 1. The molecule has 29 heavy (non-hydrogen) atoms. The normalized spacial score (nSPS) is 13.9. The number of thiophene rings is 2. The number of nitrogens with one attached hydrogen (secondary N) is 1. The third-order valence-electron chi connectivity index (χ3n) is 5.18. The molecule has 0 saturated carbocycles. The van der Waals surface area contributed by atoms with E-state index in [0.717, 1.165) is 46.1 Å². The van der Waals surface area contributed by atoms with E-state index in [0.29, 0.717) is 0 Å². The summed E-state index contributed by atoms with van der Waals surface area (Å²) in [6, 6.07) is 9.51. The van der Waals surface area contributed by atoms with Gasteiger partial charge in [0.2, 0.25) is 0 Å². The zero-order valence-corrected chi connectivity index (χ0v) is 18.3. The van der Waals surface area contributed by atoms with Crippen LogP contribution in [0.25, 0.3) is 0 Å². The first-order valence-corrected chi connectivity index (χ1v) is 11.5. The van der Waals surface area contributed by atoms with Crippen molar-refractivity contribution in [2.75, 3.05) is 12.4 Å². The van der Waals surface area contributed by atoms with Crippen molar-refractivity contribution in [2.24, 2.45) is 4.99 Å². The number of nitrogens with zero attached hydrogens (tertiary/aromatic N) is 1. The molecule has 6 heteroatoms.